The van der Waals surface area contributed by atoms with Crippen LogP contribution in [0.3, 0.4) is 0 Å². The zero-order chi connectivity index (χ0) is 28.6. The number of benzene rings is 3. The van der Waals surface area contributed by atoms with Crippen LogP contribution in [0.5, 0.6) is 0 Å². The van der Waals surface area contributed by atoms with Crippen molar-refractivity contribution in [2.24, 2.45) is 14.1 Å². The van der Waals surface area contributed by atoms with Gasteiger partial charge in [-0.1, -0.05) is 59.6 Å². The van der Waals surface area contributed by atoms with Crippen LogP contribution in [0.2, 0.25) is 5.02 Å². The number of aromatic nitrogens is 4. The predicted molar refractivity (Wildman–Crippen MR) is 166 cm³/mol. The summed E-state index contributed by atoms with van der Waals surface area (Å²) in [5.41, 5.74) is 6.04. The lowest BCUT2D eigenvalue weighted by Crippen LogP contribution is -2.31. The highest BCUT2D eigenvalue weighted by Gasteiger charge is 2.37. The first-order valence-electron chi connectivity index (χ1n) is 13.6. The third-order valence-electron chi connectivity index (χ3n) is 7.74. The van der Waals surface area contributed by atoms with Gasteiger partial charge in [0, 0.05) is 49.4 Å². The van der Waals surface area contributed by atoms with Gasteiger partial charge in [0.1, 0.15) is 5.82 Å². The Bertz CT molecular complexity index is 1840. The van der Waals surface area contributed by atoms with E-state index in [0.717, 1.165) is 46.4 Å². The Morgan fingerprint density at radius 3 is 2.41 bits per heavy atom. The van der Waals surface area contributed by atoms with Crippen molar-refractivity contribution in [2.75, 3.05) is 11.9 Å². The van der Waals surface area contributed by atoms with E-state index in [1.54, 1.807) is 24.7 Å². The fourth-order valence-corrected chi connectivity index (χ4v) is 5.65. The molecule has 6 nitrogen and oxygen atoms in total. The molecule has 6 aromatic rings. The zero-order valence-electron chi connectivity index (χ0n) is 23.3. The van der Waals surface area contributed by atoms with Gasteiger partial charge in [0.2, 0.25) is 0 Å². The molecule has 1 atom stereocenters. The lowest BCUT2D eigenvalue weighted by molar-refractivity contribution is 0.117. The van der Waals surface area contributed by atoms with Crippen molar-refractivity contribution in [3.05, 3.63) is 137 Å². The zero-order valence-corrected chi connectivity index (χ0v) is 24.1. The number of aryl methyl sites for hydroxylation is 3. The minimum Gasteiger partial charge on any atom is -0.374 e. The summed E-state index contributed by atoms with van der Waals surface area (Å²) in [6.07, 6.45) is 6.36. The second-order valence-electron chi connectivity index (χ2n) is 10.6. The molecule has 3 aromatic heterocycles. The SMILES string of the molecule is Cc1cccc(-c2cc(NCCc3cccn3C)nc3ccc(C(O)(c4ccc(Cl)cc4)c4cncn4C)cc23)c1. The number of anilines is 1. The summed E-state index contributed by atoms with van der Waals surface area (Å²) in [5, 5.41) is 17.6. The normalized spacial score (nSPS) is 12.9. The summed E-state index contributed by atoms with van der Waals surface area (Å²) in [6.45, 7) is 2.86. The molecule has 41 heavy (non-hydrogen) atoms. The van der Waals surface area contributed by atoms with Crippen LogP contribution in [0, 0.1) is 6.92 Å². The van der Waals surface area contributed by atoms with Crippen molar-refractivity contribution < 1.29 is 5.11 Å². The van der Waals surface area contributed by atoms with E-state index in [9.17, 15) is 5.11 Å². The molecule has 2 N–H and O–H groups in total. The average molecular weight is 562 g/mol. The van der Waals surface area contributed by atoms with Crippen molar-refractivity contribution in [3.8, 4) is 11.1 Å². The molecule has 0 fully saturated rings. The molecule has 0 amide bonds. The van der Waals surface area contributed by atoms with Gasteiger partial charge in [-0.2, -0.15) is 0 Å². The van der Waals surface area contributed by atoms with Crippen LogP contribution in [-0.4, -0.2) is 30.8 Å². The topological polar surface area (TPSA) is 67.9 Å². The second-order valence-corrected chi connectivity index (χ2v) is 11.0. The van der Waals surface area contributed by atoms with Gasteiger partial charge in [-0.3, -0.25) is 0 Å². The summed E-state index contributed by atoms with van der Waals surface area (Å²) in [4.78, 5) is 9.29. The maximum Gasteiger partial charge on any atom is 0.156 e. The molecule has 0 aliphatic carbocycles. The summed E-state index contributed by atoms with van der Waals surface area (Å²) in [6, 6.07) is 28.1. The highest BCUT2D eigenvalue weighted by molar-refractivity contribution is 6.30. The van der Waals surface area contributed by atoms with Crippen LogP contribution in [0.1, 0.15) is 28.1 Å². The summed E-state index contributed by atoms with van der Waals surface area (Å²) in [5.74, 6) is 0.815. The van der Waals surface area contributed by atoms with Crippen molar-refractivity contribution in [1.29, 1.82) is 0 Å². The summed E-state index contributed by atoms with van der Waals surface area (Å²) < 4.78 is 3.98. The highest BCUT2D eigenvalue weighted by atomic mass is 35.5. The Balaban J connectivity index is 1.49. The molecule has 0 saturated heterocycles. The van der Waals surface area contributed by atoms with E-state index in [1.807, 2.05) is 35.9 Å². The van der Waals surface area contributed by atoms with Crippen molar-refractivity contribution >= 4 is 28.3 Å². The molecule has 0 radical (unpaired) electrons. The molecular weight excluding hydrogens is 530 g/mol. The maximum absolute atomic E-state index is 12.5. The molecule has 0 aliphatic heterocycles. The Morgan fingerprint density at radius 2 is 1.71 bits per heavy atom. The number of pyridine rings is 1. The minimum absolute atomic E-state index is 0.609. The van der Waals surface area contributed by atoms with Gasteiger partial charge in [-0.05, 0) is 71.6 Å². The van der Waals surface area contributed by atoms with Gasteiger partial charge in [-0.15, -0.1) is 0 Å². The van der Waals surface area contributed by atoms with Gasteiger partial charge in [-0.25, -0.2) is 9.97 Å². The Kier molecular flexibility index (Phi) is 7.12. The quantitative estimate of drug-likeness (QED) is 0.213. The third-order valence-corrected chi connectivity index (χ3v) is 8.00. The smallest absolute Gasteiger partial charge is 0.156 e. The van der Waals surface area contributed by atoms with E-state index in [1.165, 1.54) is 11.3 Å². The van der Waals surface area contributed by atoms with E-state index in [2.05, 4.69) is 83.6 Å². The molecule has 3 heterocycles. The van der Waals surface area contributed by atoms with E-state index >= 15 is 0 Å². The first-order valence-corrected chi connectivity index (χ1v) is 14.0. The molecule has 7 heteroatoms. The molecule has 1 unspecified atom stereocenters. The van der Waals surface area contributed by atoms with Gasteiger partial charge in [0.15, 0.2) is 5.60 Å². The molecule has 0 saturated carbocycles. The lowest BCUT2D eigenvalue weighted by atomic mass is 9.82. The molecular formula is C34H32ClN5O. The van der Waals surface area contributed by atoms with Crippen LogP contribution in [0.15, 0.2) is 104 Å². The fraction of sp³-hybridized carbons (Fsp3) is 0.176. The number of hydrogen-bond donors (Lipinski definition) is 2. The number of nitrogens with zero attached hydrogens (tertiary/aromatic N) is 4. The van der Waals surface area contributed by atoms with Crippen LogP contribution in [0.4, 0.5) is 5.82 Å². The van der Waals surface area contributed by atoms with Gasteiger partial charge in [0.05, 0.1) is 23.7 Å². The van der Waals surface area contributed by atoms with Crippen LogP contribution < -0.4 is 5.32 Å². The van der Waals surface area contributed by atoms with Crippen LogP contribution in [0.25, 0.3) is 22.0 Å². The molecule has 0 aliphatic rings. The first kappa shape index (κ1) is 26.8. The number of nitrogens with one attached hydrogen (secondary N) is 1. The number of aliphatic hydroxyl groups is 1. The fourth-order valence-electron chi connectivity index (χ4n) is 5.53. The van der Waals surface area contributed by atoms with Crippen molar-refractivity contribution in [2.45, 2.75) is 18.9 Å². The van der Waals surface area contributed by atoms with Crippen molar-refractivity contribution in [3.63, 3.8) is 0 Å². The Morgan fingerprint density at radius 1 is 0.902 bits per heavy atom. The molecule has 6 rings (SSSR count). The number of fused-ring (bicyclic) bond motifs is 1. The summed E-state index contributed by atoms with van der Waals surface area (Å²) >= 11 is 6.22. The molecule has 3 aromatic carbocycles. The average Bonchev–Trinajstić information content (AvgIpc) is 3.60. The Labute approximate surface area is 244 Å². The van der Waals surface area contributed by atoms with E-state index in [0.29, 0.717) is 16.3 Å². The van der Waals surface area contributed by atoms with Gasteiger partial charge < -0.3 is 19.6 Å². The van der Waals surface area contributed by atoms with Crippen LogP contribution >= 0.6 is 11.6 Å². The standard InChI is InChI=1S/C34H32ClN5O/c1-23-6-4-7-24(18-23)29-20-33(37-16-15-28-8-5-17-39(28)2)38-31-14-11-26(19-30(29)31)34(41,32-21-36-22-40(32)3)25-9-12-27(35)13-10-25/h4-14,17-22,41H,15-16H2,1-3H3,(H,37,38). The number of imidazole rings is 1. The molecule has 0 spiro atoms. The Hall–Kier alpha value is -4.39. The van der Waals surface area contributed by atoms with E-state index in [4.69, 9.17) is 16.6 Å². The molecule has 0 bridgehead atoms. The maximum atomic E-state index is 12.5. The second kappa shape index (κ2) is 10.9. The molecule has 206 valence electrons. The predicted octanol–water partition coefficient (Wildman–Crippen LogP) is 6.87. The summed E-state index contributed by atoms with van der Waals surface area (Å²) in [7, 11) is 3.95. The van der Waals surface area contributed by atoms with Gasteiger partial charge >= 0.3 is 0 Å². The number of rotatable bonds is 8. The third kappa shape index (κ3) is 5.12. The number of halogens is 1. The minimum atomic E-state index is -1.46. The largest absolute Gasteiger partial charge is 0.374 e. The van der Waals surface area contributed by atoms with E-state index < -0.39 is 5.60 Å². The highest BCUT2D eigenvalue weighted by Crippen LogP contribution is 2.40. The monoisotopic (exact) mass is 561 g/mol. The van der Waals surface area contributed by atoms with E-state index in [-0.39, 0.29) is 0 Å². The lowest BCUT2D eigenvalue weighted by Gasteiger charge is -2.30. The first-order chi connectivity index (χ1) is 19.8. The van der Waals surface area contributed by atoms with Gasteiger partial charge in [0.25, 0.3) is 0 Å². The van der Waals surface area contributed by atoms with Crippen molar-refractivity contribution in [1.82, 2.24) is 19.1 Å². The number of hydrogen-bond acceptors (Lipinski definition) is 4. The van der Waals surface area contributed by atoms with Crippen LogP contribution in [-0.2, 0) is 26.1 Å².